The highest BCUT2D eigenvalue weighted by atomic mass is 32.2. The summed E-state index contributed by atoms with van der Waals surface area (Å²) in [6.45, 7) is 8.98. The minimum absolute atomic E-state index is 0.144. The van der Waals surface area contributed by atoms with Gasteiger partial charge in [-0.05, 0) is 31.5 Å². The van der Waals surface area contributed by atoms with Crippen molar-refractivity contribution in [2.45, 2.75) is 13.8 Å². The lowest BCUT2D eigenvalue weighted by molar-refractivity contribution is -0.112. The van der Waals surface area contributed by atoms with Gasteiger partial charge in [-0.3, -0.25) is 14.5 Å². The molecule has 0 spiro atoms. The molecule has 0 atom stereocenters. The largest absolute Gasteiger partial charge is 0.496 e. The number of benzene rings is 1. The Morgan fingerprint density at radius 2 is 1.93 bits per heavy atom. The van der Waals surface area contributed by atoms with Gasteiger partial charge in [-0.15, -0.1) is 11.8 Å². The number of anilines is 1. The number of allylic oxidation sites excluding steroid dienone is 1. The molecule has 8 heteroatoms. The third-order valence-corrected chi connectivity index (χ3v) is 5.87. The number of rotatable bonds is 6. The second-order valence-electron chi connectivity index (χ2n) is 6.78. The van der Waals surface area contributed by atoms with Crippen molar-refractivity contribution in [2.24, 2.45) is 0 Å². The third-order valence-electron chi connectivity index (χ3n) is 4.74. The molecule has 0 radical (unpaired) electrons. The highest BCUT2D eigenvalue weighted by molar-refractivity contribution is 8.04. The summed E-state index contributed by atoms with van der Waals surface area (Å²) < 4.78 is 10.8. The molecule has 152 valence electrons. The van der Waals surface area contributed by atoms with Crippen LogP contribution in [-0.4, -0.2) is 68.5 Å². The maximum Gasteiger partial charge on any atom is 0.265 e. The van der Waals surface area contributed by atoms with Gasteiger partial charge in [0.2, 0.25) is 0 Å². The monoisotopic (exact) mass is 405 g/mol. The van der Waals surface area contributed by atoms with Crippen LogP contribution in [0.4, 0.5) is 5.69 Å². The summed E-state index contributed by atoms with van der Waals surface area (Å²) in [6, 6.07) is 5.35. The Bertz CT molecular complexity index is 760. The fourth-order valence-electron chi connectivity index (χ4n) is 3.06. The number of amides is 2. The van der Waals surface area contributed by atoms with Gasteiger partial charge in [0.15, 0.2) is 0 Å². The van der Waals surface area contributed by atoms with Gasteiger partial charge in [-0.25, -0.2) is 0 Å². The van der Waals surface area contributed by atoms with Crippen molar-refractivity contribution in [1.82, 2.24) is 10.2 Å². The van der Waals surface area contributed by atoms with Crippen LogP contribution in [0.15, 0.2) is 28.9 Å². The van der Waals surface area contributed by atoms with Crippen molar-refractivity contribution in [3.8, 4) is 0 Å². The van der Waals surface area contributed by atoms with Crippen molar-refractivity contribution in [1.29, 1.82) is 0 Å². The first-order chi connectivity index (χ1) is 13.5. The molecule has 0 bridgehead atoms. The SMILES string of the molecule is CC1=C(C(=O)Nc2cc(C(=O)NCCN3CCOCC3)ccc2C)SCCO1. The van der Waals surface area contributed by atoms with Crippen LogP contribution in [0, 0.1) is 6.92 Å². The summed E-state index contributed by atoms with van der Waals surface area (Å²) in [7, 11) is 0. The number of nitrogens with zero attached hydrogens (tertiary/aromatic N) is 1. The zero-order valence-corrected chi connectivity index (χ0v) is 17.2. The molecule has 2 amide bonds. The van der Waals surface area contributed by atoms with Crippen molar-refractivity contribution in [2.75, 3.05) is 57.1 Å². The molecule has 2 N–H and O–H groups in total. The highest BCUT2D eigenvalue weighted by Gasteiger charge is 2.20. The summed E-state index contributed by atoms with van der Waals surface area (Å²) in [6.07, 6.45) is 0. The van der Waals surface area contributed by atoms with Crippen LogP contribution in [0.3, 0.4) is 0 Å². The predicted molar refractivity (Wildman–Crippen MR) is 111 cm³/mol. The van der Waals surface area contributed by atoms with Gasteiger partial charge >= 0.3 is 0 Å². The van der Waals surface area contributed by atoms with Crippen LogP contribution in [0.5, 0.6) is 0 Å². The number of nitrogens with one attached hydrogen (secondary N) is 2. The Kier molecular flexibility index (Phi) is 7.36. The molecule has 3 rings (SSSR count). The second kappa shape index (κ2) is 9.95. The molecule has 2 aliphatic heterocycles. The summed E-state index contributed by atoms with van der Waals surface area (Å²) in [5.74, 6) is 1.05. The van der Waals surface area contributed by atoms with Crippen LogP contribution >= 0.6 is 11.8 Å². The number of ether oxygens (including phenoxy) is 2. The van der Waals surface area contributed by atoms with Gasteiger partial charge in [0.1, 0.15) is 10.7 Å². The molecule has 2 aliphatic rings. The standard InChI is InChI=1S/C20H27N3O4S/c1-14-3-4-16(19(24)21-5-6-23-7-9-26-10-8-23)13-17(14)22-20(25)18-15(2)27-11-12-28-18/h3-4,13H,5-12H2,1-2H3,(H,21,24)(H,22,25). The number of carbonyl (C=O) groups excluding carboxylic acids is 2. The van der Waals surface area contributed by atoms with Gasteiger partial charge in [0, 0.05) is 43.2 Å². The predicted octanol–water partition coefficient (Wildman–Crippen LogP) is 1.99. The van der Waals surface area contributed by atoms with Gasteiger partial charge < -0.3 is 20.1 Å². The Morgan fingerprint density at radius 1 is 1.14 bits per heavy atom. The minimum Gasteiger partial charge on any atom is -0.496 e. The third kappa shape index (κ3) is 5.50. The normalized spacial score (nSPS) is 17.8. The van der Waals surface area contributed by atoms with Crippen molar-refractivity contribution < 1.29 is 19.1 Å². The molecule has 28 heavy (non-hydrogen) atoms. The van der Waals surface area contributed by atoms with Gasteiger partial charge in [-0.1, -0.05) is 6.07 Å². The average molecular weight is 406 g/mol. The smallest absolute Gasteiger partial charge is 0.265 e. The van der Waals surface area contributed by atoms with E-state index in [1.807, 2.05) is 13.0 Å². The van der Waals surface area contributed by atoms with Crippen molar-refractivity contribution >= 4 is 29.3 Å². The Hall–Kier alpha value is -2.03. The van der Waals surface area contributed by atoms with Crippen molar-refractivity contribution in [3.63, 3.8) is 0 Å². The van der Waals surface area contributed by atoms with E-state index in [-0.39, 0.29) is 11.8 Å². The minimum atomic E-state index is -0.199. The quantitative estimate of drug-likeness (QED) is 0.754. The zero-order chi connectivity index (χ0) is 19.9. The van der Waals surface area contributed by atoms with Crippen LogP contribution < -0.4 is 10.6 Å². The summed E-state index contributed by atoms with van der Waals surface area (Å²) >= 11 is 1.49. The molecule has 1 aromatic rings. The van der Waals surface area contributed by atoms with Crippen LogP contribution in [0.1, 0.15) is 22.8 Å². The van der Waals surface area contributed by atoms with Gasteiger partial charge in [0.05, 0.1) is 19.8 Å². The van der Waals surface area contributed by atoms with E-state index in [9.17, 15) is 9.59 Å². The first kappa shape index (κ1) is 20.7. The Labute approximate surface area is 169 Å². The van der Waals surface area contributed by atoms with E-state index in [4.69, 9.17) is 9.47 Å². The van der Waals surface area contributed by atoms with E-state index in [2.05, 4.69) is 15.5 Å². The van der Waals surface area contributed by atoms with Crippen LogP contribution in [0.2, 0.25) is 0 Å². The maximum absolute atomic E-state index is 12.6. The van der Waals surface area contributed by atoms with E-state index in [1.54, 1.807) is 19.1 Å². The van der Waals surface area contributed by atoms with Gasteiger partial charge in [0.25, 0.3) is 11.8 Å². The number of hydrogen-bond acceptors (Lipinski definition) is 6. The molecular weight excluding hydrogens is 378 g/mol. The molecule has 1 fully saturated rings. The molecule has 0 unspecified atom stereocenters. The second-order valence-corrected chi connectivity index (χ2v) is 7.88. The van der Waals surface area contributed by atoms with E-state index < -0.39 is 0 Å². The number of morpholine rings is 1. The Balaban J connectivity index is 1.58. The fourth-order valence-corrected chi connectivity index (χ4v) is 3.88. The number of aryl methyl sites for hydroxylation is 1. The number of thioether (sulfide) groups is 1. The summed E-state index contributed by atoms with van der Waals surface area (Å²) in [5.41, 5.74) is 2.07. The Morgan fingerprint density at radius 3 is 2.68 bits per heavy atom. The molecule has 7 nitrogen and oxygen atoms in total. The first-order valence-corrected chi connectivity index (χ1v) is 10.5. The summed E-state index contributed by atoms with van der Waals surface area (Å²) in [4.78, 5) is 27.9. The van der Waals surface area contributed by atoms with Crippen LogP contribution in [-0.2, 0) is 14.3 Å². The molecule has 0 aliphatic carbocycles. The topological polar surface area (TPSA) is 79.9 Å². The average Bonchev–Trinajstić information content (AvgIpc) is 2.70. The van der Waals surface area contributed by atoms with E-state index in [0.717, 1.165) is 44.2 Å². The molecule has 0 aromatic heterocycles. The lowest BCUT2D eigenvalue weighted by Crippen LogP contribution is -2.41. The molecule has 0 saturated carbocycles. The molecule has 2 heterocycles. The first-order valence-electron chi connectivity index (χ1n) is 9.51. The molecular formula is C20H27N3O4S. The summed E-state index contributed by atoms with van der Waals surface area (Å²) in [5, 5.41) is 5.86. The van der Waals surface area contributed by atoms with Crippen LogP contribution in [0.25, 0.3) is 0 Å². The van der Waals surface area contributed by atoms with E-state index >= 15 is 0 Å². The highest BCUT2D eigenvalue weighted by Crippen LogP contribution is 2.27. The molecule has 1 saturated heterocycles. The fraction of sp³-hybridized carbons (Fsp3) is 0.500. The van der Waals surface area contributed by atoms with Gasteiger partial charge in [-0.2, -0.15) is 0 Å². The zero-order valence-electron chi connectivity index (χ0n) is 16.4. The molecule has 1 aromatic carbocycles. The van der Waals surface area contributed by atoms with E-state index in [1.165, 1.54) is 11.8 Å². The lowest BCUT2D eigenvalue weighted by atomic mass is 10.1. The number of carbonyl (C=O) groups is 2. The lowest BCUT2D eigenvalue weighted by Gasteiger charge is -2.26. The van der Waals surface area contributed by atoms with E-state index in [0.29, 0.717) is 35.1 Å². The van der Waals surface area contributed by atoms with Crippen molar-refractivity contribution in [3.05, 3.63) is 40.0 Å². The maximum atomic E-state index is 12.6. The number of hydrogen-bond donors (Lipinski definition) is 2.